The van der Waals surface area contributed by atoms with Crippen LogP contribution in [-0.4, -0.2) is 130 Å². The number of esters is 1. The molecule has 6 N–H and O–H groups in total. The molecule has 0 saturated carbocycles. The zero-order valence-electron chi connectivity index (χ0n) is 27.6. The Morgan fingerprint density at radius 2 is 1.30 bits per heavy atom. The highest BCUT2D eigenvalue weighted by Gasteiger charge is 2.51. The van der Waals surface area contributed by atoms with Crippen LogP contribution in [0.4, 0.5) is 0 Å². The molecule has 0 aliphatic carbocycles. The van der Waals surface area contributed by atoms with Crippen LogP contribution in [0.5, 0.6) is 0 Å². The van der Waals surface area contributed by atoms with Crippen LogP contribution >= 0.6 is 0 Å². The molecule has 0 spiro atoms. The monoisotopic (exact) mass is 666 g/mol. The second-order valence-electron chi connectivity index (χ2n) is 12.4. The molecule has 14 nitrogen and oxygen atoms in total. The predicted molar refractivity (Wildman–Crippen MR) is 163 cm³/mol. The predicted octanol–water partition coefficient (Wildman–Crippen LogP) is 1.22. The Kier molecular flexibility index (Phi) is 19.7. The summed E-state index contributed by atoms with van der Waals surface area (Å²) < 4.78 is 33.4. The number of carbonyl (C=O) groups excluding carboxylic acids is 2. The fourth-order valence-corrected chi connectivity index (χ4v) is 5.80. The van der Waals surface area contributed by atoms with Crippen LogP contribution in [0.3, 0.4) is 0 Å². The summed E-state index contributed by atoms with van der Waals surface area (Å²) >= 11 is 0. The molecule has 14 heteroatoms. The maximum absolute atomic E-state index is 11.4. The molecule has 2 aliphatic heterocycles. The summed E-state index contributed by atoms with van der Waals surface area (Å²) in [5.74, 6) is -0.641. The first-order valence-corrected chi connectivity index (χ1v) is 16.9. The van der Waals surface area contributed by atoms with Gasteiger partial charge in [-0.2, -0.15) is 0 Å². The minimum absolute atomic E-state index is 0.330. The van der Waals surface area contributed by atoms with Gasteiger partial charge in [-0.1, -0.05) is 77.6 Å². The van der Waals surface area contributed by atoms with Crippen LogP contribution in [0.2, 0.25) is 0 Å². The first-order valence-electron chi connectivity index (χ1n) is 16.9. The maximum atomic E-state index is 11.4. The van der Waals surface area contributed by atoms with Crippen LogP contribution < -0.4 is 0 Å². The molecule has 0 aromatic heterocycles. The molecule has 0 bridgehead atoms. The van der Waals surface area contributed by atoms with E-state index in [2.05, 4.69) is 6.92 Å². The lowest BCUT2D eigenvalue weighted by Gasteiger charge is -2.46. The zero-order valence-corrected chi connectivity index (χ0v) is 27.6. The van der Waals surface area contributed by atoms with Gasteiger partial charge in [0.2, 0.25) is 0 Å². The van der Waals surface area contributed by atoms with Crippen LogP contribution in [0.15, 0.2) is 0 Å². The highest BCUT2D eigenvalue weighted by atomic mass is 16.8. The molecular weight excluding hydrogens is 608 g/mol. The molecule has 0 aromatic rings. The molecule has 2 heterocycles. The molecule has 2 aliphatic rings. The Hall–Kier alpha value is -1.46. The summed E-state index contributed by atoms with van der Waals surface area (Å²) in [5.41, 5.74) is 0. The van der Waals surface area contributed by atoms with E-state index in [-0.39, 0.29) is 0 Å². The summed E-state index contributed by atoms with van der Waals surface area (Å²) in [6.45, 7) is 4.24. The van der Waals surface area contributed by atoms with Crippen molar-refractivity contribution in [3.05, 3.63) is 0 Å². The molecule has 2 rings (SSSR count). The Bertz CT molecular complexity index is 831. The fourth-order valence-electron chi connectivity index (χ4n) is 5.80. The van der Waals surface area contributed by atoms with Gasteiger partial charge in [0.25, 0.3) is 6.47 Å². The third-order valence-electron chi connectivity index (χ3n) is 8.68. The summed E-state index contributed by atoms with van der Waals surface area (Å²) in [6, 6.07) is 0. The lowest BCUT2D eigenvalue weighted by atomic mass is 9.97. The Balaban J connectivity index is 1.99. The number of ether oxygens (including phenoxy) is 6. The normalized spacial score (nSPS) is 32.9. The molecule has 0 amide bonds. The molecule has 46 heavy (non-hydrogen) atoms. The van der Waals surface area contributed by atoms with E-state index < -0.39 is 92.8 Å². The summed E-state index contributed by atoms with van der Waals surface area (Å²) in [7, 11) is 0. The Labute approximate surface area is 272 Å². The van der Waals surface area contributed by atoms with Crippen molar-refractivity contribution in [1.29, 1.82) is 0 Å². The van der Waals surface area contributed by atoms with Gasteiger partial charge in [-0.15, -0.1) is 0 Å². The largest absolute Gasteiger partial charge is 0.463 e. The molecule has 0 aromatic carbocycles. The van der Waals surface area contributed by atoms with E-state index in [1.165, 1.54) is 58.3 Å². The van der Waals surface area contributed by atoms with E-state index in [0.717, 1.165) is 25.7 Å². The van der Waals surface area contributed by atoms with Crippen LogP contribution in [0.1, 0.15) is 104 Å². The summed E-state index contributed by atoms with van der Waals surface area (Å²) in [5, 5.41) is 62.1. The van der Waals surface area contributed by atoms with Crippen LogP contribution in [-0.2, 0) is 38.0 Å². The van der Waals surface area contributed by atoms with E-state index in [1.807, 2.05) is 0 Å². The van der Waals surface area contributed by atoms with Crippen LogP contribution in [0, 0.1) is 0 Å². The zero-order chi connectivity index (χ0) is 34.1. The van der Waals surface area contributed by atoms with Crippen molar-refractivity contribution in [3.63, 3.8) is 0 Å². The van der Waals surface area contributed by atoms with Gasteiger partial charge in [-0.3, -0.25) is 9.59 Å². The van der Waals surface area contributed by atoms with Gasteiger partial charge in [-0.25, -0.2) is 0 Å². The fraction of sp³-hybridized carbons (Fsp3) is 0.938. The number of rotatable bonds is 23. The lowest BCUT2D eigenvalue weighted by molar-refractivity contribution is -0.373. The second-order valence-corrected chi connectivity index (χ2v) is 12.4. The summed E-state index contributed by atoms with van der Waals surface area (Å²) in [6.07, 6.45) is -2.60. The summed E-state index contributed by atoms with van der Waals surface area (Å²) in [4.78, 5) is 22.7. The van der Waals surface area contributed by atoms with E-state index in [1.54, 1.807) is 6.92 Å². The maximum Gasteiger partial charge on any atom is 0.302 e. The minimum atomic E-state index is -1.80. The van der Waals surface area contributed by atoms with Gasteiger partial charge >= 0.3 is 5.97 Å². The van der Waals surface area contributed by atoms with Crippen molar-refractivity contribution >= 4 is 12.4 Å². The molecule has 0 radical (unpaired) electrons. The number of hydrogen-bond donors (Lipinski definition) is 6. The van der Waals surface area contributed by atoms with Crippen molar-refractivity contribution in [1.82, 2.24) is 0 Å². The Morgan fingerprint density at radius 3 is 1.85 bits per heavy atom. The number of carbonyl (C=O) groups is 2. The third kappa shape index (κ3) is 13.2. The van der Waals surface area contributed by atoms with Crippen molar-refractivity contribution in [2.45, 2.75) is 178 Å². The van der Waals surface area contributed by atoms with Crippen molar-refractivity contribution < 1.29 is 68.6 Å². The lowest BCUT2D eigenvalue weighted by Crippen LogP contribution is -2.65. The number of aliphatic hydroxyl groups is 6. The first-order chi connectivity index (χ1) is 22.0. The minimum Gasteiger partial charge on any atom is -0.463 e. The van der Waals surface area contributed by atoms with E-state index in [0.29, 0.717) is 12.9 Å². The smallest absolute Gasteiger partial charge is 0.302 e. The van der Waals surface area contributed by atoms with Crippen molar-refractivity contribution in [2.75, 3.05) is 13.2 Å². The number of aliphatic hydroxyl groups excluding tert-OH is 6. The average molecular weight is 667 g/mol. The van der Waals surface area contributed by atoms with E-state index in [4.69, 9.17) is 28.4 Å². The number of unbranched alkanes of at least 4 members (excludes halogenated alkanes) is 11. The topological polar surface area (TPSA) is 211 Å². The molecule has 12 atom stereocenters. The molecule has 270 valence electrons. The quantitative estimate of drug-likeness (QED) is 0.0515. The van der Waals surface area contributed by atoms with E-state index in [9.17, 15) is 40.2 Å². The van der Waals surface area contributed by atoms with Gasteiger partial charge in [0.1, 0.15) is 61.5 Å². The van der Waals surface area contributed by atoms with Gasteiger partial charge < -0.3 is 59.1 Å². The Morgan fingerprint density at radius 1 is 0.761 bits per heavy atom. The molecular formula is C32H58O14. The van der Waals surface area contributed by atoms with Gasteiger partial charge in [-0.05, 0) is 19.8 Å². The molecule has 6 unspecified atom stereocenters. The highest BCUT2D eigenvalue weighted by molar-refractivity contribution is 5.65. The first kappa shape index (κ1) is 40.7. The van der Waals surface area contributed by atoms with Crippen LogP contribution in [0.25, 0.3) is 0 Å². The van der Waals surface area contributed by atoms with Gasteiger partial charge in [0.15, 0.2) is 12.6 Å². The van der Waals surface area contributed by atoms with Gasteiger partial charge in [0, 0.05) is 6.92 Å². The van der Waals surface area contributed by atoms with Gasteiger partial charge in [0.05, 0.1) is 12.7 Å². The molecule has 2 fully saturated rings. The highest BCUT2D eigenvalue weighted by Crippen LogP contribution is 2.31. The number of hydrogen-bond acceptors (Lipinski definition) is 14. The van der Waals surface area contributed by atoms with Crippen molar-refractivity contribution in [2.24, 2.45) is 0 Å². The third-order valence-corrected chi connectivity index (χ3v) is 8.68. The molecule has 2 saturated heterocycles. The average Bonchev–Trinajstić information content (AvgIpc) is 3.03. The SMILES string of the molecule is CCCCCCCCCCCCCCC(OC=O)[C@H](C)OC1OC(COC(C)=O)[C@@H](O)C(O)[C@@H]1O[C@@H]1OC(CO)[C@@H](O)C(O)[C@@H]1O. The van der Waals surface area contributed by atoms with Crippen molar-refractivity contribution in [3.8, 4) is 0 Å². The second kappa shape index (κ2) is 22.2. The van der Waals surface area contributed by atoms with E-state index >= 15 is 0 Å². The standard InChI is InChI=1S/C32H58O14/c1-4-5-6-7-8-9-10-11-12-13-14-15-16-22(42-19-34)20(2)43-32-30(28(39)26(37)24(45-32)18-41-21(3)35)46-31-29(40)27(38)25(36)23(17-33)44-31/h19-20,22-33,36-40H,4-18H2,1-3H3/t20-,22?,23?,24?,25+,26+,27?,28?,29-,30-,31-,32?/m0/s1.